The first kappa shape index (κ1) is 20.8. The van der Waals surface area contributed by atoms with Crippen molar-refractivity contribution in [3.63, 3.8) is 0 Å². The molecule has 1 aromatic carbocycles. The first-order valence-corrected chi connectivity index (χ1v) is 9.96. The Morgan fingerprint density at radius 3 is 2.41 bits per heavy atom. The van der Waals surface area contributed by atoms with Crippen LogP contribution in [-0.4, -0.2) is 49.5 Å². The van der Waals surface area contributed by atoms with E-state index in [9.17, 15) is 10.1 Å². The van der Waals surface area contributed by atoms with Gasteiger partial charge in [0.25, 0.3) is 0 Å². The second-order valence-corrected chi connectivity index (χ2v) is 8.20. The van der Waals surface area contributed by atoms with Crippen molar-refractivity contribution in [1.82, 2.24) is 15.2 Å². The van der Waals surface area contributed by atoms with Gasteiger partial charge in [-0.05, 0) is 51.4 Å². The summed E-state index contributed by atoms with van der Waals surface area (Å²) in [6.45, 7) is 0.629. The molecule has 1 amide bonds. The fourth-order valence-electron chi connectivity index (χ4n) is 4.68. The highest BCUT2D eigenvalue weighted by molar-refractivity contribution is 5.58. The first-order chi connectivity index (χ1) is 14.0. The fraction of sp³-hybridized carbons (Fsp3) is 0.435. The number of hydrogen-bond donors (Lipinski definition) is 1. The van der Waals surface area contributed by atoms with Crippen LogP contribution in [0.1, 0.15) is 36.8 Å². The number of benzene rings is 1. The normalized spacial score (nSPS) is 24.0. The van der Waals surface area contributed by atoms with Crippen molar-refractivity contribution in [2.45, 2.75) is 36.8 Å². The Balaban J connectivity index is 1.84. The van der Waals surface area contributed by atoms with Crippen LogP contribution in [0.5, 0.6) is 0 Å². The van der Waals surface area contributed by atoms with Crippen molar-refractivity contribution in [3.8, 4) is 6.07 Å². The smallest absolute Gasteiger partial charge is 0.207 e. The Morgan fingerprint density at radius 2 is 1.83 bits per heavy atom. The molecule has 6 nitrogen and oxygen atoms in total. The highest BCUT2D eigenvalue weighted by Crippen LogP contribution is 2.44. The molecule has 1 heterocycles. The van der Waals surface area contributed by atoms with Gasteiger partial charge in [0.05, 0.1) is 23.0 Å². The number of pyridine rings is 1. The standard InChI is InChI=1S/C23H29N5O/c1-27(2)23(20-7-5-4-6-8-20)12-10-22(11-13-23,26-18-29)17-28(3)21-16-25-14-9-19(21)15-24/h4-9,14,16,18H,10-13,17H2,1-3H3,(H,26,29)/t22-,23+. The number of nitrogens with zero attached hydrogens (tertiary/aromatic N) is 4. The number of hydrogen-bond acceptors (Lipinski definition) is 5. The molecule has 0 unspecified atom stereocenters. The van der Waals surface area contributed by atoms with Gasteiger partial charge in [0.2, 0.25) is 6.41 Å². The second-order valence-electron chi connectivity index (χ2n) is 8.20. The van der Waals surface area contributed by atoms with Crippen LogP contribution < -0.4 is 10.2 Å². The highest BCUT2D eigenvalue weighted by atomic mass is 16.1. The molecular weight excluding hydrogens is 362 g/mol. The maximum Gasteiger partial charge on any atom is 0.207 e. The third kappa shape index (κ3) is 4.10. The van der Waals surface area contributed by atoms with E-state index in [4.69, 9.17) is 0 Å². The number of amides is 1. The summed E-state index contributed by atoms with van der Waals surface area (Å²) in [7, 11) is 6.22. The number of carbonyl (C=O) groups excluding carboxylic acids is 1. The first-order valence-electron chi connectivity index (χ1n) is 9.96. The predicted octanol–water partition coefficient (Wildman–Crippen LogP) is 2.91. The van der Waals surface area contributed by atoms with Crippen LogP contribution in [-0.2, 0) is 10.3 Å². The van der Waals surface area contributed by atoms with Crippen molar-refractivity contribution in [3.05, 3.63) is 59.9 Å². The molecule has 0 radical (unpaired) electrons. The van der Waals surface area contributed by atoms with Gasteiger partial charge in [0.15, 0.2) is 0 Å². The lowest BCUT2D eigenvalue weighted by Gasteiger charge is -2.51. The quantitative estimate of drug-likeness (QED) is 0.735. The molecule has 0 aliphatic heterocycles. The number of nitriles is 1. The van der Waals surface area contributed by atoms with E-state index in [2.05, 4.69) is 59.6 Å². The Hall–Kier alpha value is -2.91. The van der Waals surface area contributed by atoms with E-state index < -0.39 is 0 Å². The number of anilines is 1. The van der Waals surface area contributed by atoms with Crippen molar-refractivity contribution < 1.29 is 4.79 Å². The summed E-state index contributed by atoms with van der Waals surface area (Å²) in [5, 5.41) is 12.5. The van der Waals surface area contributed by atoms with Crippen LogP contribution in [0.25, 0.3) is 0 Å². The molecule has 6 heteroatoms. The summed E-state index contributed by atoms with van der Waals surface area (Å²) >= 11 is 0. The van der Waals surface area contributed by atoms with Gasteiger partial charge in [-0.25, -0.2) is 0 Å². The van der Waals surface area contributed by atoms with E-state index in [0.29, 0.717) is 12.1 Å². The van der Waals surface area contributed by atoms with E-state index in [1.54, 1.807) is 18.5 Å². The Kier molecular flexibility index (Phi) is 6.19. The molecule has 0 spiro atoms. The van der Waals surface area contributed by atoms with E-state index in [0.717, 1.165) is 37.8 Å². The predicted molar refractivity (Wildman–Crippen MR) is 114 cm³/mol. The molecule has 2 aromatic rings. The van der Waals surface area contributed by atoms with E-state index >= 15 is 0 Å². The van der Waals surface area contributed by atoms with Crippen LogP contribution in [0, 0.1) is 11.3 Å². The molecule has 152 valence electrons. The fourth-order valence-corrected chi connectivity index (χ4v) is 4.68. The molecule has 0 atom stereocenters. The zero-order valence-electron chi connectivity index (χ0n) is 17.4. The van der Waals surface area contributed by atoms with Crippen LogP contribution in [0.15, 0.2) is 48.8 Å². The van der Waals surface area contributed by atoms with Gasteiger partial charge in [-0.3, -0.25) is 14.7 Å². The summed E-state index contributed by atoms with van der Waals surface area (Å²) in [5.41, 5.74) is 2.31. The molecular formula is C23H29N5O. The number of nitrogens with one attached hydrogen (secondary N) is 1. The van der Waals surface area contributed by atoms with Crippen LogP contribution in [0.4, 0.5) is 5.69 Å². The summed E-state index contributed by atoms with van der Waals surface area (Å²) in [6.07, 6.45) is 7.74. The van der Waals surface area contributed by atoms with Gasteiger partial charge < -0.3 is 10.2 Å². The zero-order chi connectivity index (χ0) is 20.9. The van der Waals surface area contributed by atoms with E-state index in [-0.39, 0.29) is 11.1 Å². The average Bonchev–Trinajstić information content (AvgIpc) is 2.75. The lowest BCUT2D eigenvalue weighted by molar-refractivity contribution is -0.112. The Morgan fingerprint density at radius 1 is 1.14 bits per heavy atom. The largest absolute Gasteiger partial charge is 0.370 e. The third-order valence-electron chi connectivity index (χ3n) is 6.44. The molecule has 1 aliphatic carbocycles. The van der Waals surface area contributed by atoms with Crippen LogP contribution in [0.2, 0.25) is 0 Å². The van der Waals surface area contributed by atoms with Gasteiger partial charge in [0, 0.05) is 25.3 Å². The Labute approximate surface area is 173 Å². The molecule has 1 saturated carbocycles. The van der Waals surface area contributed by atoms with Crippen molar-refractivity contribution in [2.24, 2.45) is 0 Å². The summed E-state index contributed by atoms with van der Waals surface area (Å²) in [4.78, 5) is 20.0. The lowest BCUT2D eigenvalue weighted by Crippen LogP contribution is -2.58. The minimum Gasteiger partial charge on any atom is -0.370 e. The molecule has 29 heavy (non-hydrogen) atoms. The van der Waals surface area contributed by atoms with Crippen molar-refractivity contribution in [1.29, 1.82) is 5.26 Å². The van der Waals surface area contributed by atoms with E-state index in [1.165, 1.54) is 5.56 Å². The molecule has 1 aliphatic rings. The molecule has 1 N–H and O–H groups in total. The molecule has 0 saturated heterocycles. The SMILES string of the molecule is CN(C[C@]1(NC=O)CC[C@@](c2ccccc2)(N(C)C)CC1)c1cnccc1C#N. The minimum absolute atomic E-state index is 0.0417. The van der Waals surface area contributed by atoms with Crippen LogP contribution >= 0.6 is 0 Å². The average molecular weight is 392 g/mol. The van der Waals surface area contributed by atoms with Crippen molar-refractivity contribution >= 4 is 12.1 Å². The lowest BCUT2D eigenvalue weighted by atomic mass is 9.68. The number of likely N-dealkylation sites (N-methyl/N-ethyl adjacent to an activating group) is 1. The van der Waals surface area contributed by atoms with Crippen LogP contribution in [0.3, 0.4) is 0 Å². The van der Waals surface area contributed by atoms with E-state index in [1.807, 2.05) is 18.0 Å². The topological polar surface area (TPSA) is 72.3 Å². The van der Waals surface area contributed by atoms with Gasteiger partial charge >= 0.3 is 0 Å². The molecule has 1 fully saturated rings. The van der Waals surface area contributed by atoms with Gasteiger partial charge in [-0.1, -0.05) is 30.3 Å². The molecule has 1 aromatic heterocycles. The maximum atomic E-state index is 11.5. The summed E-state index contributed by atoms with van der Waals surface area (Å²) < 4.78 is 0. The summed E-state index contributed by atoms with van der Waals surface area (Å²) in [6, 6.07) is 14.6. The maximum absolute atomic E-state index is 11.5. The number of rotatable bonds is 7. The monoisotopic (exact) mass is 391 g/mol. The van der Waals surface area contributed by atoms with Gasteiger partial charge in [0.1, 0.15) is 6.07 Å². The minimum atomic E-state index is -0.340. The second kappa shape index (κ2) is 8.62. The number of aromatic nitrogens is 1. The highest BCUT2D eigenvalue weighted by Gasteiger charge is 2.45. The summed E-state index contributed by atoms with van der Waals surface area (Å²) in [5.74, 6) is 0. The molecule has 0 bridgehead atoms. The third-order valence-corrected chi connectivity index (χ3v) is 6.44. The number of carbonyl (C=O) groups is 1. The van der Waals surface area contributed by atoms with Gasteiger partial charge in [-0.2, -0.15) is 5.26 Å². The molecule has 3 rings (SSSR count). The van der Waals surface area contributed by atoms with Crippen molar-refractivity contribution in [2.75, 3.05) is 32.6 Å². The Bertz CT molecular complexity index is 866. The zero-order valence-corrected chi connectivity index (χ0v) is 17.4. The van der Waals surface area contributed by atoms with Gasteiger partial charge in [-0.15, -0.1) is 0 Å².